The van der Waals surface area contributed by atoms with Crippen molar-refractivity contribution in [1.29, 1.82) is 0 Å². The first kappa shape index (κ1) is 16.1. The number of hydrogen-bond donors (Lipinski definition) is 1. The molecule has 5 rings (SSSR count). The van der Waals surface area contributed by atoms with Gasteiger partial charge in [0.25, 0.3) is 0 Å². The SMILES string of the molecule is O=C(Nc1ccc(F)cc1-c1ccccc1)OC1CN2CCC1CC2. The lowest BCUT2D eigenvalue weighted by Crippen LogP contribution is -2.52. The van der Waals surface area contributed by atoms with E-state index in [1.165, 1.54) is 12.1 Å². The highest BCUT2D eigenvalue weighted by Gasteiger charge is 2.36. The molecule has 0 spiro atoms. The van der Waals surface area contributed by atoms with Crippen LogP contribution < -0.4 is 5.32 Å². The maximum Gasteiger partial charge on any atom is 0.411 e. The fourth-order valence-corrected chi connectivity index (χ4v) is 3.80. The number of rotatable bonds is 3. The Bertz CT molecular complexity index is 758. The molecule has 1 amide bonds. The summed E-state index contributed by atoms with van der Waals surface area (Å²) < 4.78 is 19.4. The number of hydrogen-bond acceptors (Lipinski definition) is 3. The second-order valence-electron chi connectivity index (χ2n) is 6.76. The fourth-order valence-electron chi connectivity index (χ4n) is 3.80. The van der Waals surface area contributed by atoms with Gasteiger partial charge in [0.05, 0.1) is 5.69 Å². The lowest BCUT2D eigenvalue weighted by molar-refractivity contribution is -0.0289. The van der Waals surface area contributed by atoms with Gasteiger partial charge < -0.3 is 4.74 Å². The predicted octanol–water partition coefficient (Wildman–Crippen LogP) is 4.14. The van der Waals surface area contributed by atoms with Crippen molar-refractivity contribution < 1.29 is 13.9 Å². The van der Waals surface area contributed by atoms with E-state index in [0.717, 1.165) is 38.0 Å². The third kappa shape index (κ3) is 3.51. The van der Waals surface area contributed by atoms with Crippen LogP contribution in [0.4, 0.5) is 14.9 Å². The Balaban J connectivity index is 1.50. The first-order valence-corrected chi connectivity index (χ1v) is 8.74. The van der Waals surface area contributed by atoms with Gasteiger partial charge in [0.15, 0.2) is 0 Å². The highest BCUT2D eigenvalue weighted by molar-refractivity contribution is 5.91. The van der Waals surface area contributed by atoms with Crippen LogP contribution in [0.25, 0.3) is 11.1 Å². The summed E-state index contributed by atoms with van der Waals surface area (Å²) in [6, 6.07) is 13.8. The van der Waals surface area contributed by atoms with Crippen molar-refractivity contribution in [2.75, 3.05) is 25.0 Å². The number of carbonyl (C=O) groups is 1. The Morgan fingerprint density at radius 1 is 1.12 bits per heavy atom. The Labute approximate surface area is 146 Å². The molecule has 0 saturated carbocycles. The van der Waals surface area contributed by atoms with Crippen molar-refractivity contribution in [2.45, 2.75) is 18.9 Å². The van der Waals surface area contributed by atoms with Crippen molar-refractivity contribution in [1.82, 2.24) is 4.90 Å². The van der Waals surface area contributed by atoms with E-state index in [-0.39, 0.29) is 11.9 Å². The van der Waals surface area contributed by atoms with Gasteiger partial charge in [-0.2, -0.15) is 0 Å². The molecule has 0 radical (unpaired) electrons. The summed E-state index contributed by atoms with van der Waals surface area (Å²) in [7, 11) is 0. The number of nitrogens with one attached hydrogen (secondary N) is 1. The number of piperidine rings is 3. The summed E-state index contributed by atoms with van der Waals surface area (Å²) in [4.78, 5) is 14.7. The minimum Gasteiger partial charge on any atom is -0.444 e. The zero-order valence-electron chi connectivity index (χ0n) is 14.0. The number of anilines is 1. The number of amides is 1. The van der Waals surface area contributed by atoms with Gasteiger partial charge in [-0.05, 0) is 55.6 Å². The number of benzene rings is 2. The minimum absolute atomic E-state index is 0.0527. The van der Waals surface area contributed by atoms with Crippen molar-refractivity contribution in [3.63, 3.8) is 0 Å². The zero-order chi connectivity index (χ0) is 17.2. The van der Waals surface area contributed by atoms with E-state index in [0.29, 0.717) is 17.2 Å². The summed E-state index contributed by atoms with van der Waals surface area (Å²) in [5, 5.41) is 2.80. The van der Waals surface area contributed by atoms with Gasteiger partial charge in [-0.1, -0.05) is 30.3 Å². The fraction of sp³-hybridized carbons (Fsp3) is 0.350. The van der Waals surface area contributed by atoms with E-state index in [1.807, 2.05) is 30.3 Å². The van der Waals surface area contributed by atoms with Crippen LogP contribution in [0.3, 0.4) is 0 Å². The standard InChI is InChI=1S/C20H21FN2O2/c21-16-6-7-18(17(12-16)14-4-2-1-3-5-14)22-20(24)25-19-13-23-10-8-15(19)9-11-23/h1-7,12,15,19H,8-11,13H2,(H,22,24). The van der Waals surface area contributed by atoms with Gasteiger partial charge in [-0.3, -0.25) is 10.2 Å². The molecule has 3 saturated heterocycles. The molecule has 3 heterocycles. The molecule has 3 aliphatic heterocycles. The van der Waals surface area contributed by atoms with Gasteiger partial charge in [0.1, 0.15) is 11.9 Å². The van der Waals surface area contributed by atoms with Gasteiger partial charge >= 0.3 is 6.09 Å². The quantitative estimate of drug-likeness (QED) is 0.913. The van der Waals surface area contributed by atoms with Crippen LogP contribution >= 0.6 is 0 Å². The van der Waals surface area contributed by atoms with Crippen LogP contribution in [0.1, 0.15) is 12.8 Å². The van der Waals surface area contributed by atoms with E-state index < -0.39 is 6.09 Å². The number of ether oxygens (including phenoxy) is 1. The van der Waals surface area contributed by atoms with Gasteiger partial charge in [0.2, 0.25) is 0 Å². The second-order valence-corrected chi connectivity index (χ2v) is 6.76. The molecule has 2 aromatic rings. The normalized spacial score (nSPS) is 24.8. The maximum absolute atomic E-state index is 13.7. The maximum atomic E-state index is 13.7. The first-order valence-electron chi connectivity index (χ1n) is 8.74. The molecule has 1 unspecified atom stereocenters. The Morgan fingerprint density at radius 3 is 2.56 bits per heavy atom. The molecule has 1 N–H and O–H groups in total. The van der Waals surface area contributed by atoms with E-state index in [2.05, 4.69) is 10.2 Å². The van der Waals surface area contributed by atoms with E-state index in [4.69, 9.17) is 4.74 Å². The average Bonchev–Trinajstić information content (AvgIpc) is 2.65. The molecule has 2 aromatic carbocycles. The largest absolute Gasteiger partial charge is 0.444 e. The molecule has 2 bridgehead atoms. The third-order valence-electron chi connectivity index (χ3n) is 5.16. The van der Waals surface area contributed by atoms with Crippen molar-refractivity contribution in [3.05, 3.63) is 54.3 Å². The van der Waals surface area contributed by atoms with E-state index in [1.54, 1.807) is 6.07 Å². The lowest BCUT2D eigenvalue weighted by Gasteiger charge is -2.43. The molecule has 5 heteroatoms. The molecule has 0 aromatic heterocycles. The van der Waals surface area contributed by atoms with E-state index in [9.17, 15) is 9.18 Å². The average molecular weight is 340 g/mol. The van der Waals surface area contributed by atoms with Crippen molar-refractivity contribution in [2.24, 2.45) is 5.92 Å². The smallest absolute Gasteiger partial charge is 0.411 e. The van der Waals surface area contributed by atoms with E-state index >= 15 is 0 Å². The predicted molar refractivity (Wildman–Crippen MR) is 94.9 cm³/mol. The Kier molecular flexibility index (Phi) is 4.40. The van der Waals surface area contributed by atoms with Crippen molar-refractivity contribution >= 4 is 11.8 Å². The molecular formula is C20H21FN2O2. The van der Waals surface area contributed by atoms with Crippen LogP contribution in [0.15, 0.2) is 48.5 Å². The van der Waals surface area contributed by atoms with Crippen LogP contribution in [-0.4, -0.2) is 36.7 Å². The summed E-state index contributed by atoms with van der Waals surface area (Å²) in [5.41, 5.74) is 2.05. The van der Waals surface area contributed by atoms with Gasteiger partial charge in [0, 0.05) is 12.1 Å². The number of halogens is 1. The van der Waals surface area contributed by atoms with Gasteiger partial charge in [-0.15, -0.1) is 0 Å². The summed E-state index contributed by atoms with van der Waals surface area (Å²) >= 11 is 0. The van der Waals surface area contributed by atoms with Crippen LogP contribution in [0.2, 0.25) is 0 Å². The summed E-state index contributed by atoms with van der Waals surface area (Å²) in [5.74, 6) is 0.118. The van der Waals surface area contributed by atoms with Crippen LogP contribution in [0, 0.1) is 11.7 Å². The molecule has 3 fully saturated rings. The minimum atomic E-state index is -0.470. The van der Waals surface area contributed by atoms with Crippen LogP contribution in [-0.2, 0) is 4.74 Å². The summed E-state index contributed by atoms with van der Waals surface area (Å²) in [6.45, 7) is 3.01. The van der Waals surface area contributed by atoms with Gasteiger partial charge in [-0.25, -0.2) is 9.18 Å². The Morgan fingerprint density at radius 2 is 1.88 bits per heavy atom. The third-order valence-corrected chi connectivity index (χ3v) is 5.16. The molecule has 25 heavy (non-hydrogen) atoms. The first-order chi connectivity index (χ1) is 12.2. The molecule has 130 valence electrons. The molecular weight excluding hydrogens is 319 g/mol. The zero-order valence-corrected chi connectivity index (χ0v) is 14.0. The monoisotopic (exact) mass is 340 g/mol. The number of fused-ring (bicyclic) bond motifs is 3. The molecule has 1 atom stereocenters. The highest BCUT2D eigenvalue weighted by Crippen LogP contribution is 2.31. The number of carbonyl (C=O) groups excluding carboxylic acids is 1. The van der Waals surface area contributed by atoms with Crippen molar-refractivity contribution in [3.8, 4) is 11.1 Å². The lowest BCUT2D eigenvalue weighted by atomic mass is 9.86. The summed E-state index contributed by atoms with van der Waals surface area (Å²) in [6.07, 6.45) is 1.65. The van der Waals surface area contributed by atoms with Crippen LogP contribution in [0.5, 0.6) is 0 Å². The second kappa shape index (κ2) is 6.84. The Hall–Kier alpha value is -2.40. The molecule has 4 nitrogen and oxygen atoms in total. The topological polar surface area (TPSA) is 41.6 Å². The molecule has 3 aliphatic rings. The number of nitrogens with zero attached hydrogens (tertiary/aromatic N) is 1. The molecule has 0 aliphatic carbocycles. The highest BCUT2D eigenvalue weighted by atomic mass is 19.1.